The molecule has 0 saturated carbocycles. The normalized spacial score (nSPS) is 13.1. The summed E-state index contributed by atoms with van der Waals surface area (Å²) < 4.78 is 71.3. The van der Waals surface area contributed by atoms with E-state index in [1.807, 2.05) is 0 Å². The van der Waals surface area contributed by atoms with Crippen LogP contribution in [0.2, 0.25) is 0 Å². The zero-order valence-corrected chi connectivity index (χ0v) is 25.1. The molecule has 3 aromatic carbocycles. The van der Waals surface area contributed by atoms with Crippen LogP contribution >= 0.6 is 0 Å². The lowest BCUT2D eigenvalue weighted by atomic mass is 10.0. The largest absolute Gasteiger partial charge is 0.465 e. The molecule has 5 rings (SSSR count). The summed E-state index contributed by atoms with van der Waals surface area (Å²) in [6, 6.07) is 16.6. The SMILES string of the molecule is COC(=O)c1ccc(S(=O)(=O)N(c2ccc3c(c2)CCCN3C(=O)c2ccco2)S(=O)(=O)c2ccc(C(=O)OC)cc2)cc1. The number of benzene rings is 3. The molecule has 1 amide bonds. The predicted octanol–water partition coefficient (Wildman–Crippen LogP) is 4.03. The van der Waals surface area contributed by atoms with Gasteiger partial charge in [-0.3, -0.25) is 4.79 Å². The Balaban J connectivity index is 1.63. The first-order chi connectivity index (χ1) is 21.0. The molecule has 14 heteroatoms. The van der Waals surface area contributed by atoms with Gasteiger partial charge in [0.25, 0.3) is 26.0 Å². The molecule has 12 nitrogen and oxygen atoms in total. The van der Waals surface area contributed by atoms with E-state index in [-0.39, 0.29) is 22.6 Å². The van der Waals surface area contributed by atoms with Gasteiger partial charge in [0, 0.05) is 12.2 Å². The molecule has 4 aromatic rings. The van der Waals surface area contributed by atoms with Gasteiger partial charge in [-0.1, -0.05) is 0 Å². The molecule has 228 valence electrons. The molecule has 0 aliphatic carbocycles. The number of esters is 2. The first kappa shape index (κ1) is 30.5. The molecule has 0 radical (unpaired) electrons. The predicted molar refractivity (Wildman–Crippen MR) is 158 cm³/mol. The van der Waals surface area contributed by atoms with E-state index in [1.54, 1.807) is 6.07 Å². The molecule has 0 fully saturated rings. The van der Waals surface area contributed by atoms with Gasteiger partial charge in [-0.2, -0.15) is 3.71 Å². The fraction of sp³-hybridized carbons (Fsp3) is 0.167. The van der Waals surface area contributed by atoms with Crippen LogP contribution in [-0.2, 0) is 35.9 Å². The van der Waals surface area contributed by atoms with Crippen molar-refractivity contribution in [2.75, 3.05) is 29.4 Å². The van der Waals surface area contributed by atoms with Crippen molar-refractivity contribution in [3.63, 3.8) is 0 Å². The van der Waals surface area contributed by atoms with Crippen molar-refractivity contribution in [3.8, 4) is 0 Å². The van der Waals surface area contributed by atoms with Crippen LogP contribution in [0, 0.1) is 0 Å². The van der Waals surface area contributed by atoms with Crippen molar-refractivity contribution in [1.29, 1.82) is 0 Å². The number of carbonyl (C=O) groups excluding carboxylic acids is 3. The number of hydrogen-bond donors (Lipinski definition) is 0. The van der Waals surface area contributed by atoms with E-state index in [2.05, 4.69) is 9.47 Å². The van der Waals surface area contributed by atoms with Gasteiger partial charge in [-0.15, -0.1) is 0 Å². The molecule has 0 atom stereocenters. The Labute approximate surface area is 253 Å². The van der Waals surface area contributed by atoms with Crippen LogP contribution in [0.4, 0.5) is 11.4 Å². The summed E-state index contributed by atoms with van der Waals surface area (Å²) in [5.74, 6) is -1.67. The maximum Gasteiger partial charge on any atom is 0.337 e. The van der Waals surface area contributed by atoms with Crippen molar-refractivity contribution in [2.24, 2.45) is 0 Å². The summed E-state index contributed by atoms with van der Waals surface area (Å²) in [4.78, 5) is 37.6. The van der Waals surface area contributed by atoms with Gasteiger partial charge < -0.3 is 18.8 Å². The van der Waals surface area contributed by atoms with Crippen molar-refractivity contribution < 1.29 is 45.1 Å². The Bertz CT molecular complexity index is 1850. The van der Waals surface area contributed by atoms with E-state index in [4.69, 9.17) is 4.42 Å². The molecule has 0 saturated heterocycles. The molecule has 0 unspecified atom stereocenters. The Hall–Kier alpha value is -4.95. The van der Waals surface area contributed by atoms with Gasteiger partial charge in [0.2, 0.25) is 0 Å². The molecule has 1 aliphatic rings. The number of hydrogen-bond acceptors (Lipinski definition) is 10. The van der Waals surface area contributed by atoms with Crippen LogP contribution in [-0.4, -0.2) is 55.4 Å². The second-order valence-corrected chi connectivity index (χ2v) is 13.4. The van der Waals surface area contributed by atoms with Gasteiger partial charge in [0.05, 0.1) is 47.1 Å². The molecular weight excluding hydrogens is 612 g/mol. The maximum absolute atomic E-state index is 14.1. The second kappa shape index (κ2) is 12.0. The number of furan rings is 1. The van der Waals surface area contributed by atoms with Crippen LogP contribution in [0.5, 0.6) is 0 Å². The Morgan fingerprint density at radius 1 is 0.773 bits per heavy atom. The number of sulfonamides is 2. The summed E-state index contributed by atoms with van der Waals surface area (Å²) in [6.45, 7) is 0.380. The molecule has 0 bridgehead atoms. The van der Waals surface area contributed by atoms with Crippen LogP contribution in [0.25, 0.3) is 0 Å². The minimum absolute atomic E-state index is 0.0642. The summed E-state index contributed by atoms with van der Waals surface area (Å²) in [5, 5.41) is 0. The van der Waals surface area contributed by atoms with Gasteiger partial charge >= 0.3 is 11.9 Å². The lowest BCUT2D eigenvalue weighted by Gasteiger charge is -2.31. The number of anilines is 2. The number of fused-ring (bicyclic) bond motifs is 1. The fourth-order valence-corrected chi connectivity index (χ4v) is 8.48. The zero-order valence-electron chi connectivity index (χ0n) is 23.5. The van der Waals surface area contributed by atoms with Gasteiger partial charge in [-0.05, 0) is 97.3 Å². The number of methoxy groups -OCH3 is 2. The van der Waals surface area contributed by atoms with Crippen molar-refractivity contribution in [1.82, 2.24) is 0 Å². The average Bonchev–Trinajstić information content (AvgIpc) is 3.58. The number of rotatable bonds is 8. The Morgan fingerprint density at radius 2 is 1.32 bits per heavy atom. The quantitative estimate of drug-likeness (QED) is 0.258. The third-order valence-corrected chi connectivity index (χ3v) is 11.2. The standard InChI is InChI=1S/C30H26N2O10S2/c1-40-29(34)20-7-12-24(13-8-20)43(36,37)32(44(38,39)25-14-9-21(10-15-25)30(35)41-2)23-11-16-26-22(19-23)5-3-17-31(26)28(33)27-6-4-18-42-27/h4,6-16,18-19H,3,5,17H2,1-2H3. The van der Waals surface area contributed by atoms with Crippen LogP contribution < -0.4 is 8.61 Å². The highest BCUT2D eigenvalue weighted by Crippen LogP contribution is 2.37. The highest BCUT2D eigenvalue weighted by molar-refractivity contribution is 8.10. The third kappa shape index (κ3) is 5.56. The van der Waals surface area contributed by atoms with E-state index in [0.29, 0.717) is 34.3 Å². The molecule has 0 spiro atoms. The van der Waals surface area contributed by atoms with Crippen LogP contribution in [0.1, 0.15) is 43.3 Å². The van der Waals surface area contributed by atoms with E-state index < -0.39 is 47.7 Å². The van der Waals surface area contributed by atoms with E-state index >= 15 is 0 Å². The van der Waals surface area contributed by atoms with Gasteiger partial charge in [0.15, 0.2) is 5.76 Å². The number of ether oxygens (including phenoxy) is 2. The minimum Gasteiger partial charge on any atom is -0.465 e. The molecule has 1 aromatic heterocycles. The summed E-state index contributed by atoms with van der Waals surface area (Å²) in [7, 11) is -7.31. The first-order valence-electron chi connectivity index (χ1n) is 13.1. The lowest BCUT2D eigenvalue weighted by Crippen LogP contribution is -2.38. The number of carbonyl (C=O) groups is 3. The van der Waals surface area contributed by atoms with E-state index in [9.17, 15) is 31.2 Å². The van der Waals surface area contributed by atoms with Crippen molar-refractivity contribution >= 4 is 49.3 Å². The smallest absolute Gasteiger partial charge is 0.337 e. The molecule has 44 heavy (non-hydrogen) atoms. The summed E-state index contributed by atoms with van der Waals surface area (Å²) in [6.07, 6.45) is 2.36. The summed E-state index contributed by atoms with van der Waals surface area (Å²) >= 11 is 0. The Morgan fingerprint density at radius 3 is 1.80 bits per heavy atom. The lowest BCUT2D eigenvalue weighted by molar-refractivity contribution is 0.0592. The van der Waals surface area contributed by atoms with E-state index in [0.717, 1.165) is 24.3 Å². The maximum atomic E-state index is 14.1. The van der Waals surface area contributed by atoms with E-state index in [1.165, 1.54) is 73.9 Å². The minimum atomic E-state index is -4.83. The third-order valence-electron chi connectivity index (χ3n) is 6.95. The molecule has 0 N–H and O–H groups in total. The van der Waals surface area contributed by atoms with Crippen LogP contribution in [0.15, 0.2) is 99.3 Å². The highest BCUT2D eigenvalue weighted by Gasteiger charge is 2.38. The first-order valence-corrected chi connectivity index (χ1v) is 16.0. The topological polar surface area (TPSA) is 158 Å². The molecule has 1 aliphatic heterocycles. The number of aryl methyl sites for hydroxylation is 1. The number of nitrogens with zero attached hydrogens (tertiary/aromatic N) is 2. The zero-order chi connectivity index (χ0) is 31.6. The van der Waals surface area contributed by atoms with Gasteiger partial charge in [0.1, 0.15) is 0 Å². The fourth-order valence-electron chi connectivity index (χ4n) is 4.80. The Kier molecular flexibility index (Phi) is 8.30. The highest BCUT2D eigenvalue weighted by atomic mass is 32.3. The van der Waals surface area contributed by atoms with Crippen molar-refractivity contribution in [3.05, 3.63) is 108 Å². The van der Waals surface area contributed by atoms with Crippen LogP contribution in [0.3, 0.4) is 0 Å². The second-order valence-electron chi connectivity index (χ2n) is 9.59. The average molecular weight is 639 g/mol. The molecular formula is C30H26N2O10S2. The van der Waals surface area contributed by atoms with Gasteiger partial charge in [-0.25, -0.2) is 26.4 Å². The molecule has 2 heterocycles. The van der Waals surface area contributed by atoms with Crippen molar-refractivity contribution in [2.45, 2.75) is 22.6 Å². The monoisotopic (exact) mass is 638 g/mol. The summed E-state index contributed by atoms with van der Waals surface area (Å²) in [5.41, 5.74) is 0.959. The number of amides is 1.